The predicted molar refractivity (Wildman–Crippen MR) is 51.0 cm³/mol. The smallest absolute Gasteiger partial charge is 0.106 e. The lowest BCUT2D eigenvalue weighted by Gasteiger charge is -2.32. The molecule has 0 spiro atoms. The van der Waals surface area contributed by atoms with E-state index >= 15 is 0 Å². The number of hydrogen-bond acceptors (Lipinski definition) is 3. The topological polar surface area (TPSA) is 59.0 Å². The molecule has 3 nitrogen and oxygen atoms in total. The minimum absolute atomic E-state index is 0.207. The van der Waals surface area contributed by atoms with Gasteiger partial charge >= 0.3 is 0 Å². The van der Waals surface area contributed by atoms with Crippen LogP contribution < -0.4 is 5.73 Å². The van der Waals surface area contributed by atoms with E-state index in [4.69, 9.17) is 15.7 Å². The van der Waals surface area contributed by atoms with Gasteiger partial charge < -0.3 is 10.5 Å². The van der Waals surface area contributed by atoms with E-state index < -0.39 is 5.54 Å². The summed E-state index contributed by atoms with van der Waals surface area (Å²) in [7, 11) is 0. The van der Waals surface area contributed by atoms with Crippen LogP contribution in [0.5, 0.6) is 0 Å². The second kappa shape index (κ2) is 4.59. The Bertz CT molecular complexity index is 200. The van der Waals surface area contributed by atoms with Crippen molar-refractivity contribution in [2.45, 2.75) is 50.7 Å². The van der Waals surface area contributed by atoms with Gasteiger partial charge in [0.15, 0.2) is 0 Å². The summed E-state index contributed by atoms with van der Waals surface area (Å²) in [6, 6.07) is 2.18. The molecular formula is C10H18N2O. The number of nitrogens with two attached hydrogens (primary N) is 1. The van der Waals surface area contributed by atoms with Crippen molar-refractivity contribution >= 4 is 0 Å². The summed E-state index contributed by atoms with van der Waals surface area (Å²) in [6.07, 6.45) is 4.82. The van der Waals surface area contributed by atoms with Gasteiger partial charge in [-0.05, 0) is 25.7 Å². The molecule has 0 bridgehead atoms. The number of rotatable bonds is 3. The third kappa shape index (κ3) is 2.98. The van der Waals surface area contributed by atoms with Crippen molar-refractivity contribution in [3.8, 4) is 6.07 Å². The Balaban J connectivity index is 2.38. The first-order valence-electron chi connectivity index (χ1n) is 5.02. The van der Waals surface area contributed by atoms with Crippen LogP contribution in [0.15, 0.2) is 0 Å². The van der Waals surface area contributed by atoms with Crippen LogP contribution in [0.4, 0.5) is 0 Å². The van der Waals surface area contributed by atoms with Crippen LogP contribution in [0.1, 0.15) is 39.0 Å². The van der Waals surface area contributed by atoms with Gasteiger partial charge in [-0.1, -0.05) is 6.92 Å². The SMILES string of the molecule is CCCOC1CCCC(N)(C#N)C1. The van der Waals surface area contributed by atoms with Crippen molar-refractivity contribution in [1.29, 1.82) is 5.26 Å². The molecule has 0 aromatic rings. The summed E-state index contributed by atoms with van der Waals surface area (Å²) < 4.78 is 5.60. The Morgan fingerprint density at radius 1 is 1.69 bits per heavy atom. The molecule has 1 aliphatic carbocycles. The molecule has 0 heterocycles. The standard InChI is InChI=1S/C10H18N2O/c1-2-6-13-9-4-3-5-10(12,7-9)8-11/h9H,2-7,12H2,1H3. The second-order valence-electron chi connectivity index (χ2n) is 3.86. The van der Waals surface area contributed by atoms with E-state index in [2.05, 4.69) is 13.0 Å². The lowest BCUT2D eigenvalue weighted by Crippen LogP contribution is -2.45. The molecule has 0 radical (unpaired) electrons. The van der Waals surface area contributed by atoms with Crippen molar-refractivity contribution in [1.82, 2.24) is 0 Å². The third-order valence-corrected chi connectivity index (χ3v) is 2.52. The Morgan fingerprint density at radius 2 is 2.46 bits per heavy atom. The highest BCUT2D eigenvalue weighted by atomic mass is 16.5. The fourth-order valence-corrected chi connectivity index (χ4v) is 1.78. The Hall–Kier alpha value is -0.590. The summed E-state index contributed by atoms with van der Waals surface area (Å²) in [5, 5.41) is 8.86. The van der Waals surface area contributed by atoms with Gasteiger partial charge in [-0.25, -0.2) is 0 Å². The van der Waals surface area contributed by atoms with Crippen molar-refractivity contribution < 1.29 is 4.74 Å². The van der Waals surface area contributed by atoms with Gasteiger partial charge in [0.05, 0.1) is 12.2 Å². The molecule has 0 aromatic heterocycles. The van der Waals surface area contributed by atoms with Crippen molar-refractivity contribution in [2.75, 3.05) is 6.61 Å². The van der Waals surface area contributed by atoms with Crippen LogP contribution >= 0.6 is 0 Å². The summed E-state index contributed by atoms with van der Waals surface area (Å²) in [5.74, 6) is 0. The van der Waals surface area contributed by atoms with E-state index in [1.54, 1.807) is 0 Å². The average Bonchev–Trinajstić information content (AvgIpc) is 2.15. The van der Waals surface area contributed by atoms with Crippen LogP contribution in [0, 0.1) is 11.3 Å². The molecule has 0 aromatic carbocycles. The van der Waals surface area contributed by atoms with Crippen LogP contribution in [-0.2, 0) is 4.74 Å². The molecule has 1 aliphatic rings. The molecule has 13 heavy (non-hydrogen) atoms. The first kappa shape index (κ1) is 10.5. The summed E-state index contributed by atoms with van der Waals surface area (Å²) in [6.45, 7) is 2.87. The molecule has 3 heteroatoms. The van der Waals surface area contributed by atoms with E-state index in [1.165, 1.54) is 0 Å². The Morgan fingerprint density at radius 3 is 3.08 bits per heavy atom. The van der Waals surface area contributed by atoms with Gasteiger partial charge in [0.1, 0.15) is 5.54 Å². The molecule has 2 atom stereocenters. The van der Waals surface area contributed by atoms with Gasteiger partial charge in [0.2, 0.25) is 0 Å². The van der Waals surface area contributed by atoms with Crippen molar-refractivity contribution in [3.05, 3.63) is 0 Å². The zero-order valence-electron chi connectivity index (χ0n) is 8.25. The molecule has 2 unspecified atom stereocenters. The minimum Gasteiger partial charge on any atom is -0.378 e. The molecular weight excluding hydrogens is 164 g/mol. The van der Waals surface area contributed by atoms with Gasteiger partial charge in [-0.15, -0.1) is 0 Å². The fourth-order valence-electron chi connectivity index (χ4n) is 1.78. The quantitative estimate of drug-likeness (QED) is 0.720. The van der Waals surface area contributed by atoms with Crippen LogP contribution in [0.3, 0.4) is 0 Å². The molecule has 1 rings (SSSR count). The monoisotopic (exact) mass is 182 g/mol. The molecule has 0 aliphatic heterocycles. The normalized spacial score (nSPS) is 34.1. The number of nitrogens with zero attached hydrogens (tertiary/aromatic N) is 1. The first-order valence-corrected chi connectivity index (χ1v) is 5.02. The zero-order chi connectivity index (χ0) is 9.73. The van der Waals surface area contributed by atoms with E-state index in [-0.39, 0.29) is 6.10 Å². The lowest BCUT2D eigenvalue weighted by molar-refractivity contribution is 0.0154. The van der Waals surface area contributed by atoms with Crippen molar-refractivity contribution in [2.24, 2.45) is 5.73 Å². The van der Waals surface area contributed by atoms with Crippen molar-refractivity contribution in [3.63, 3.8) is 0 Å². The van der Waals surface area contributed by atoms with E-state index in [1.807, 2.05) is 0 Å². The highest BCUT2D eigenvalue weighted by molar-refractivity contribution is 5.07. The van der Waals surface area contributed by atoms with Gasteiger partial charge in [-0.3, -0.25) is 0 Å². The predicted octanol–water partition coefficient (Wildman–Crippen LogP) is 1.58. The van der Waals surface area contributed by atoms with Crippen LogP contribution in [0.2, 0.25) is 0 Å². The maximum absolute atomic E-state index is 8.86. The Labute approximate surface area is 79.9 Å². The largest absolute Gasteiger partial charge is 0.378 e. The minimum atomic E-state index is -0.628. The summed E-state index contributed by atoms with van der Waals surface area (Å²) in [5.41, 5.74) is 5.25. The fraction of sp³-hybridized carbons (Fsp3) is 0.900. The summed E-state index contributed by atoms with van der Waals surface area (Å²) >= 11 is 0. The third-order valence-electron chi connectivity index (χ3n) is 2.52. The molecule has 0 amide bonds. The summed E-state index contributed by atoms with van der Waals surface area (Å²) in [4.78, 5) is 0. The van der Waals surface area contributed by atoms with E-state index in [0.717, 1.165) is 32.3 Å². The molecule has 1 fully saturated rings. The molecule has 1 saturated carbocycles. The molecule has 0 saturated heterocycles. The number of hydrogen-bond donors (Lipinski definition) is 1. The molecule has 2 N–H and O–H groups in total. The Kier molecular flexibility index (Phi) is 3.71. The van der Waals surface area contributed by atoms with Crippen LogP contribution in [-0.4, -0.2) is 18.2 Å². The van der Waals surface area contributed by atoms with Gasteiger partial charge in [0, 0.05) is 13.0 Å². The maximum atomic E-state index is 8.86. The molecule has 74 valence electrons. The maximum Gasteiger partial charge on any atom is 0.106 e. The second-order valence-corrected chi connectivity index (χ2v) is 3.86. The van der Waals surface area contributed by atoms with Gasteiger partial charge in [0.25, 0.3) is 0 Å². The highest BCUT2D eigenvalue weighted by Gasteiger charge is 2.32. The first-order chi connectivity index (χ1) is 6.20. The van der Waals surface area contributed by atoms with Crippen LogP contribution in [0.25, 0.3) is 0 Å². The lowest BCUT2D eigenvalue weighted by atomic mass is 9.82. The number of ether oxygens (including phenoxy) is 1. The van der Waals surface area contributed by atoms with E-state index in [0.29, 0.717) is 6.42 Å². The van der Waals surface area contributed by atoms with E-state index in [9.17, 15) is 0 Å². The highest BCUT2D eigenvalue weighted by Crippen LogP contribution is 2.27. The van der Waals surface area contributed by atoms with Gasteiger partial charge in [-0.2, -0.15) is 5.26 Å². The zero-order valence-corrected chi connectivity index (χ0v) is 8.25. The number of nitriles is 1. The average molecular weight is 182 g/mol.